The maximum atomic E-state index is 7.19. The van der Waals surface area contributed by atoms with E-state index in [0.29, 0.717) is 5.02 Å². The van der Waals surface area contributed by atoms with Crippen molar-refractivity contribution in [3.63, 3.8) is 0 Å². The smallest absolute Gasteiger partial charge is 0.103 e. The average Bonchev–Trinajstić information content (AvgIpc) is 2.56. The number of benzene rings is 3. The third-order valence-corrected chi connectivity index (χ3v) is 4.84. The molecule has 0 bridgehead atoms. The molecular weight excluding hydrogens is 311 g/mol. The second-order valence-electron chi connectivity index (χ2n) is 5.37. The molecule has 0 spiro atoms. The molecule has 0 fully saturated rings. The highest BCUT2D eigenvalue weighted by Gasteiger charge is 2.35. The lowest BCUT2D eigenvalue weighted by molar-refractivity contribution is 0.879. The SMILES string of the molecule is Cc1ccc(C(Cl)(c2ccccc2)c2ccccc2Cl)cc1. The largest absolute Gasteiger partial charge is 0.121 e. The predicted molar refractivity (Wildman–Crippen MR) is 94.8 cm³/mol. The fourth-order valence-corrected chi connectivity index (χ4v) is 3.41. The van der Waals surface area contributed by atoms with E-state index in [1.54, 1.807) is 0 Å². The van der Waals surface area contributed by atoms with Crippen molar-refractivity contribution in [1.82, 2.24) is 0 Å². The van der Waals surface area contributed by atoms with E-state index in [9.17, 15) is 0 Å². The molecule has 1 unspecified atom stereocenters. The van der Waals surface area contributed by atoms with Crippen LogP contribution < -0.4 is 0 Å². The van der Waals surface area contributed by atoms with Gasteiger partial charge in [0.15, 0.2) is 0 Å². The standard InChI is InChI=1S/C20H16Cl2/c1-15-11-13-17(14-12-15)20(22,16-7-3-2-4-8-16)18-9-5-6-10-19(18)21/h2-14H,1H3. The molecule has 0 aliphatic carbocycles. The summed E-state index contributed by atoms with van der Waals surface area (Å²) in [6.07, 6.45) is 0. The van der Waals surface area contributed by atoms with Crippen molar-refractivity contribution in [2.45, 2.75) is 11.8 Å². The first-order chi connectivity index (χ1) is 10.6. The maximum Gasteiger partial charge on any atom is 0.121 e. The highest BCUT2D eigenvalue weighted by atomic mass is 35.5. The first kappa shape index (κ1) is 15.1. The monoisotopic (exact) mass is 326 g/mol. The third-order valence-electron chi connectivity index (χ3n) is 3.87. The van der Waals surface area contributed by atoms with E-state index in [2.05, 4.69) is 31.2 Å². The van der Waals surface area contributed by atoms with Crippen LogP contribution in [0.5, 0.6) is 0 Å². The molecule has 0 radical (unpaired) electrons. The minimum atomic E-state index is -0.798. The Morgan fingerprint density at radius 2 is 1.23 bits per heavy atom. The quantitative estimate of drug-likeness (QED) is 0.398. The number of aryl methyl sites for hydroxylation is 1. The normalized spacial score (nSPS) is 13.6. The molecule has 0 N–H and O–H groups in total. The molecule has 3 rings (SSSR count). The Morgan fingerprint density at radius 1 is 0.682 bits per heavy atom. The highest BCUT2D eigenvalue weighted by Crippen LogP contribution is 2.45. The molecule has 1 atom stereocenters. The van der Waals surface area contributed by atoms with Gasteiger partial charge in [0, 0.05) is 10.6 Å². The zero-order valence-corrected chi connectivity index (χ0v) is 13.8. The second-order valence-corrected chi connectivity index (χ2v) is 6.34. The topological polar surface area (TPSA) is 0 Å². The molecular formula is C20H16Cl2. The van der Waals surface area contributed by atoms with E-state index >= 15 is 0 Å². The van der Waals surface area contributed by atoms with Crippen LogP contribution in [0.2, 0.25) is 5.02 Å². The summed E-state index contributed by atoms with van der Waals surface area (Å²) in [6, 6.07) is 26.1. The lowest BCUT2D eigenvalue weighted by Crippen LogP contribution is -2.22. The first-order valence-electron chi connectivity index (χ1n) is 7.19. The second kappa shape index (κ2) is 6.16. The number of halogens is 2. The molecule has 110 valence electrons. The Labute approximate surface area is 141 Å². The van der Waals surface area contributed by atoms with Crippen LogP contribution >= 0.6 is 23.2 Å². The number of hydrogen-bond acceptors (Lipinski definition) is 0. The van der Waals surface area contributed by atoms with E-state index in [0.717, 1.165) is 16.7 Å². The summed E-state index contributed by atoms with van der Waals surface area (Å²) in [7, 11) is 0. The molecule has 0 aliphatic heterocycles. The van der Waals surface area contributed by atoms with Crippen molar-refractivity contribution in [2.75, 3.05) is 0 Å². The summed E-state index contributed by atoms with van der Waals surface area (Å²) >= 11 is 13.6. The molecule has 22 heavy (non-hydrogen) atoms. The lowest BCUT2D eigenvalue weighted by atomic mass is 9.84. The molecule has 3 aromatic rings. The van der Waals surface area contributed by atoms with Crippen molar-refractivity contribution < 1.29 is 0 Å². The molecule has 0 saturated carbocycles. The highest BCUT2D eigenvalue weighted by molar-refractivity contribution is 6.34. The van der Waals surface area contributed by atoms with Gasteiger partial charge in [-0.15, -0.1) is 11.6 Å². The summed E-state index contributed by atoms with van der Waals surface area (Å²) in [5.41, 5.74) is 4.12. The average molecular weight is 327 g/mol. The van der Waals surface area contributed by atoms with Gasteiger partial charge in [0.25, 0.3) is 0 Å². The Balaban J connectivity index is 2.27. The van der Waals surface area contributed by atoms with Gasteiger partial charge in [-0.25, -0.2) is 0 Å². The van der Waals surface area contributed by atoms with Gasteiger partial charge in [0.1, 0.15) is 4.87 Å². The van der Waals surface area contributed by atoms with Crippen molar-refractivity contribution >= 4 is 23.2 Å². The Kier molecular flexibility index (Phi) is 4.24. The summed E-state index contributed by atoms with van der Waals surface area (Å²) in [5, 5.41) is 0.668. The number of hydrogen-bond donors (Lipinski definition) is 0. The van der Waals surface area contributed by atoms with Crippen LogP contribution in [0.3, 0.4) is 0 Å². The minimum Gasteiger partial charge on any atom is -0.103 e. The third kappa shape index (κ3) is 2.65. The molecule has 0 aliphatic rings. The van der Waals surface area contributed by atoms with Crippen molar-refractivity contribution in [3.8, 4) is 0 Å². The fraction of sp³-hybridized carbons (Fsp3) is 0.100. The Bertz CT molecular complexity index is 763. The number of alkyl halides is 1. The fourth-order valence-electron chi connectivity index (χ4n) is 2.67. The maximum absolute atomic E-state index is 7.19. The van der Waals surface area contributed by atoms with Crippen LogP contribution in [-0.4, -0.2) is 0 Å². The van der Waals surface area contributed by atoms with Gasteiger partial charge >= 0.3 is 0 Å². The van der Waals surface area contributed by atoms with Gasteiger partial charge in [-0.05, 0) is 24.1 Å². The molecule has 0 nitrogen and oxygen atoms in total. The van der Waals surface area contributed by atoms with Crippen LogP contribution in [0.1, 0.15) is 22.3 Å². The van der Waals surface area contributed by atoms with Crippen LogP contribution in [0, 0.1) is 6.92 Å². The summed E-state index contributed by atoms with van der Waals surface area (Å²) < 4.78 is 0. The molecule has 0 amide bonds. The predicted octanol–water partition coefficient (Wildman–Crippen LogP) is 6.18. The van der Waals surface area contributed by atoms with Crippen molar-refractivity contribution in [1.29, 1.82) is 0 Å². The van der Waals surface area contributed by atoms with E-state index in [4.69, 9.17) is 23.2 Å². The van der Waals surface area contributed by atoms with E-state index in [-0.39, 0.29) is 0 Å². The van der Waals surface area contributed by atoms with E-state index < -0.39 is 4.87 Å². The minimum absolute atomic E-state index is 0.668. The van der Waals surface area contributed by atoms with Crippen LogP contribution in [0.4, 0.5) is 0 Å². The summed E-state index contributed by atoms with van der Waals surface area (Å²) in [6.45, 7) is 2.07. The van der Waals surface area contributed by atoms with Crippen molar-refractivity contribution in [3.05, 3.63) is 106 Å². The molecule has 2 heteroatoms. The molecule has 0 aromatic heterocycles. The summed E-state index contributed by atoms with van der Waals surface area (Å²) in [5.74, 6) is 0. The van der Waals surface area contributed by atoms with Gasteiger partial charge < -0.3 is 0 Å². The van der Waals surface area contributed by atoms with Crippen molar-refractivity contribution in [2.24, 2.45) is 0 Å². The van der Waals surface area contributed by atoms with Crippen LogP contribution in [0.15, 0.2) is 78.9 Å². The van der Waals surface area contributed by atoms with Gasteiger partial charge in [-0.3, -0.25) is 0 Å². The van der Waals surface area contributed by atoms with Gasteiger partial charge in [0.05, 0.1) is 0 Å². The van der Waals surface area contributed by atoms with E-state index in [1.165, 1.54) is 5.56 Å². The van der Waals surface area contributed by atoms with Gasteiger partial charge in [0.2, 0.25) is 0 Å². The molecule has 0 saturated heterocycles. The van der Waals surface area contributed by atoms with Gasteiger partial charge in [-0.1, -0.05) is 90.0 Å². The Morgan fingerprint density at radius 3 is 1.86 bits per heavy atom. The van der Waals surface area contributed by atoms with Crippen LogP contribution in [0.25, 0.3) is 0 Å². The molecule has 0 heterocycles. The summed E-state index contributed by atoms with van der Waals surface area (Å²) in [4.78, 5) is -0.798. The van der Waals surface area contributed by atoms with E-state index in [1.807, 2.05) is 54.6 Å². The lowest BCUT2D eigenvalue weighted by Gasteiger charge is -2.30. The number of rotatable bonds is 3. The van der Waals surface area contributed by atoms with Crippen LogP contribution in [-0.2, 0) is 4.87 Å². The zero-order chi connectivity index (χ0) is 15.6. The first-order valence-corrected chi connectivity index (χ1v) is 7.94. The van der Waals surface area contributed by atoms with Gasteiger partial charge in [-0.2, -0.15) is 0 Å². The Hall–Kier alpha value is -1.76. The molecule has 3 aromatic carbocycles. The zero-order valence-electron chi connectivity index (χ0n) is 12.3.